The van der Waals surface area contributed by atoms with Crippen molar-refractivity contribution < 1.29 is 24.3 Å². The summed E-state index contributed by atoms with van der Waals surface area (Å²) in [7, 11) is 0. The van der Waals surface area contributed by atoms with Crippen LogP contribution in [-0.2, 0) is 19.2 Å². The molecule has 3 amide bonds. The monoisotopic (exact) mass is 459 g/mol. The number of carbonyl (C=O) groups is 4. The van der Waals surface area contributed by atoms with Crippen molar-refractivity contribution in [3.8, 4) is 0 Å². The van der Waals surface area contributed by atoms with Crippen LogP contribution in [0.25, 0.3) is 0 Å². The summed E-state index contributed by atoms with van der Waals surface area (Å²) < 4.78 is 0. The van der Waals surface area contributed by atoms with Crippen molar-refractivity contribution >= 4 is 36.3 Å². The van der Waals surface area contributed by atoms with E-state index < -0.39 is 42.0 Å². The Morgan fingerprint density at radius 3 is 2.45 bits per heavy atom. The van der Waals surface area contributed by atoms with Crippen molar-refractivity contribution in [2.45, 2.75) is 76.5 Å². The fourth-order valence-electron chi connectivity index (χ4n) is 3.52. The number of carboxylic acid groups (broad SMARTS) is 1. The third-order valence-corrected chi connectivity index (χ3v) is 6.08. The fourth-order valence-corrected chi connectivity index (χ4v) is 3.77. The van der Waals surface area contributed by atoms with Gasteiger partial charge in [0.2, 0.25) is 17.7 Å². The molecular formula is C20H37N5O5S. The van der Waals surface area contributed by atoms with E-state index in [2.05, 4.69) is 23.3 Å². The molecule has 1 aliphatic heterocycles. The Kier molecular flexibility index (Phi) is 11.9. The van der Waals surface area contributed by atoms with E-state index in [0.717, 1.165) is 12.8 Å². The standard InChI is InChI=1S/C20H37N5O5S/c1-3-12(2)16(24-17(26)13(22)7-4-5-9-21)19(28)25-10-6-8-15(25)18(27)23-14(11-31)20(29)30/h12-16,31H,3-11,21-22H2,1-2H3,(H,23,27)(H,24,26)(H,29,30). The zero-order chi connectivity index (χ0) is 23.6. The molecule has 0 spiro atoms. The highest BCUT2D eigenvalue weighted by atomic mass is 32.1. The number of thiol groups is 1. The van der Waals surface area contributed by atoms with Gasteiger partial charge in [0.05, 0.1) is 6.04 Å². The number of likely N-dealkylation sites (tertiary alicyclic amines) is 1. The Morgan fingerprint density at radius 2 is 1.90 bits per heavy atom. The second-order valence-corrected chi connectivity index (χ2v) is 8.40. The van der Waals surface area contributed by atoms with Crippen LogP contribution in [0.4, 0.5) is 0 Å². The lowest BCUT2D eigenvalue weighted by atomic mass is 9.96. The number of carbonyl (C=O) groups excluding carboxylic acids is 3. The van der Waals surface area contributed by atoms with Gasteiger partial charge in [-0.2, -0.15) is 12.6 Å². The number of nitrogens with two attached hydrogens (primary N) is 2. The van der Waals surface area contributed by atoms with Crippen molar-refractivity contribution in [1.82, 2.24) is 15.5 Å². The quantitative estimate of drug-likeness (QED) is 0.159. The molecule has 0 aromatic rings. The molecule has 1 aliphatic rings. The van der Waals surface area contributed by atoms with Gasteiger partial charge in [0.25, 0.3) is 0 Å². The van der Waals surface area contributed by atoms with Crippen LogP contribution >= 0.6 is 12.6 Å². The van der Waals surface area contributed by atoms with E-state index in [9.17, 15) is 19.2 Å². The maximum absolute atomic E-state index is 13.3. The smallest absolute Gasteiger partial charge is 0.327 e. The summed E-state index contributed by atoms with van der Waals surface area (Å²) in [6.07, 6.45) is 3.64. The van der Waals surface area contributed by atoms with Gasteiger partial charge in [-0.25, -0.2) is 4.79 Å². The van der Waals surface area contributed by atoms with Gasteiger partial charge in [-0.3, -0.25) is 14.4 Å². The highest BCUT2D eigenvalue weighted by molar-refractivity contribution is 7.80. The molecule has 0 saturated carbocycles. The first kappa shape index (κ1) is 27.2. The van der Waals surface area contributed by atoms with Gasteiger partial charge in [-0.05, 0) is 38.1 Å². The van der Waals surface area contributed by atoms with Gasteiger partial charge in [-0.15, -0.1) is 0 Å². The Morgan fingerprint density at radius 1 is 1.23 bits per heavy atom. The minimum Gasteiger partial charge on any atom is -0.480 e. The largest absolute Gasteiger partial charge is 0.480 e. The van der Waals surface area contributed by atoms with Crippen molar-refractivity contribution in [2.75, 3.05) is 18.8 Å². The molecule has 5 unspecified atom stereocenters. The van der Waals surface area contributed by atoms with E-state index >= 15 is 0 Å². The lowest BCUT2D eigenvalue weighted by Gasteiger charge is -2.32. The summed E-state index contributed by atoms with van der Waals surface area (Å²) in [5.41, 5.74) is 11.4. The van der Waals surface area contributed by atoms with E-state index in [1.165, 1.54) is 4.90 Å². The average Bonchev–Trinajstić information content (AvgIpc) is 3.24. The molecule has 0 aromatic heterocycles. The van der Waals surface area contributed by atoms with Crippen molar-refractivity contribution in [1.29, 1.82) is 0 Å². The second kappa shape index (κ2) is 13.5. The summed E-state index contributed by atoms with van der Waals surface area (Å²) in [4.78, 5) is 51.2. The molecule has 0 aliphatic carbocycles. The Balaban J connectivity index is 2.89. The molecule has 31 heavy (non-hydrogen) atoms. The van der Waals surface area contributed by atoms with Gasteiger partial charge >= 0.3 is 5.97 Å². The number of nitrogens with one attached hydrogen (secondary N) is 2. The highest BCUT2D eigenvalue weighted by Crippen LogP contribution is 2.22. The van der Waals surface area contributed by atoms with Crippen molar-refractivity contribution in [3.63, 3.8) is 0 Å². The summed E-state index contributed by atoms with van der Waals surface area (Å²) in [6.45, 7) is 4.66. The molecule has 7 N–H and O–H groups in total. The lowest BCUT2D eigenvalue weighted by Crippen LogP contribution is -2.58. The van der Waals surface area contributed by atoms with Crippen LogP contribution in [0, 0.1) is 5.92 Å². The van der Waals surface area contributed by atoms with Crippen molar-refractivity contribution in [3.05, 3.63) is 0 Å². The van der Waals surface area contributed by atoms with E-state index in [4.69, 9.17) is 16.6 Å². The van der Waals surface area contributed by atoms with Gasteiger partial charge in [-0.1, -0.05) is 26.7 Å². The number of unbranched alkanes of at least 4 members (excludes halogenated alkanes) is 1. The summed E-state index contributed by atoms with van der Waals surface area (Å²) in [6, 6.07) is -3.47. The van der Waals surface area contributed by atoms with Crippen LogP contribution in [0.2, 0.25) is 0 Å². The fraction of sp³-hybridized carbons (Fsp3) is 0.800. The zero-order valence-electron chi connectivity index (χ0n) is 18.4. The minimum atomic E-state index is -1.19. The van der Waals surface area contributed by atoms with Crippen LogP contribution in [0.5, 0.6) is 0 Å². The van der Waals surface area contributed by atoms with E-state index in [1.807, 2.05) is 13.8 Å². The Hall–Kier alpha value is -1.85. The number of hydrogen-bond acceptors (Lipinski definition) is 7. The predicted octanol–water partition coefficient (Wildman–Crippen LogP) is -0.536. The maximum Gasteiger partial charge on any atom is 0.327 e. The van der Waals surface area contributed by atoms with Crippen LogP contribution in [0.3, 0.4) is 0 Å². The minimum absolute atomic E-state index is 0.0602. The van der Waals surface area contributed by atoms with E-state index in [1.54, 1.807) is 0 Å². The Bertz CT molecular complexity index is 635. The average molecular weight is 460 g/mol. The Labute approximate surface area is 189 Å². The molecule has 1 heterocycles. The third-order valence-electron chi connectivity index (χ3n) is 5.72. The lowest BCUT2D eigenvalue weighted by molar-refractivity contribution is -0.145. The van der Waals surface area contributed by atoms with E-state index in [-0.39, 0.29) is 17.6 Å². The molecule has 11 heteroatoms. The number of nitrogens with zero attached hydrogens (tertiary/aromatic N) is 1. The first-order valence-corrected chi connectivity index (χ1v) is 11.5. The molecular weight excluding hydrogens is 422 g/mol. The molecule has 0 radical (unpaired) electrons. The number of amides is 3. The summed E-state index contributed by atoms with van der Waals surface area (Å²) in [5, 5.41) is 14.4. The zero-order valence-corrected chi connectivity index (χ0v) is 19.3. The molecule has 1 rings (SSSR count). The first-order valence-electron chi connectivity index (χ1n) is 10.9. The maximum atomic E-state index is 13.3. The van der Waals surface area contributed by atoms with E-state index in [0.29, 0.717) is 38.8 Å². The van der Waals surface area contributed by atoms with Gasteiger partial charge < -0.3 is 32.1 Å². The van der Waals surface area contributed by atoms with Crippen LogP contribution < -0.4 is 22.1 Å². The predicted molar refractivity (Wildman–Crippen MR) is 120 cm³/mol. The molecule has 1 saturated heterocycles. The van der Waals surface area contributed by atoms with Gasteiger partial charge in [0, 0.05) is 12.3 Å². The normalized spacial score (nSPS) is 19.9. The SMILES string of the molecule is CCC(C)C(NC(=O)C(N)CCCCN)C(=O)N1CCCC1C(=O)NC(CS)C(=O)O. The molecule has 0 bridgehead atoms. The third kappa shape index (κ3) is 7.97. The second-order valence-electron chi connectivity index (χ2n) is 8.03. The molecule has 178 valence electrons. The first-order chi connectivity index (χ1) is 14.7. The number of hydrogen-bond donors (Lipinski definition) is 6. The van der Waals surface area contributed by atoms with Gasteiger partial charge in [0.1, 0.15) is 18.1 Å². The van der Waals surface area contributed by atoms with Crippen LogP contribution in [0.1, 0.15) is 52.4 Å². The van der Waals surface area contributed by atoms with Crippen LogP contribution in [0.15, 0.2) is 0 Å². The summed E-state index contributed by atoms with van der Waals surface area (Å²) >= 11 is 3.95. The molecule has 0 aromatic carbocycles. The number of rotatable bonds is 13. The number of carboxylic acids is 1. The highest BCUT2D eigenvalue weighted by Gasteiger charge is 2.40. The van der Waals surface area contributed by atoms with Crippen molar-refractivity contribution in [2.24, 2.45) is 17.4 Å². The molecule has 5 atom stereocenters. The van der Waals surface area contributed by atoms with Gasteiger partial charge in [0.15, 0.2) is 0 Å². The topological polar surface area (TPSA) is 168 Å². The molecule has 1 fully saturated rings. The van der Waals surface area contributed by atoms with Crippen LogP contribution in [-0.4, -0.2) is 76.7 Å². The summed E-state index contributed by atoms with van der Waals surface area (Å²) in [5.74, 6) is -2.70. The number of aliphatic carboxylic acids is 1. The molecule has 10 nitrogen and oxygen atoms in total.